The molecule has 0 saturated heterocycles. The largest absolute Gasteiger partial charge is 0.492 e. The van der Waals surface area contributed by atoms with E-state index < -0.39 is 11.6 Å². The van der Waals surface area contributed by atoms with E-state index in [2.05, 4.69) is 72.5 Å². The fourth-order valence-corrected chi connectivity index (χ4v) is 6.43. The number of esters is 1. The molecule has 0 aliphatic rings. The van der Waals surface area contributed by atoms with Crippen LogP contribution in [0.1, 0.15) is 37.0 Å². The number of carbonyl (C=O) groups is 1. The van der Waals surface area contributed by atoms with Crippen LogP contribution in [-0.4, -0.2) is 18.2 Å². The molecule has 0 bridgehead atoms. The molecule has 198 valence electrons. The van der Waals surface area contributed by atoms with Crippen molar-refractivity contribution in [3.63, 3.8) is 0 Å². The summed E-state index contributed by atoms with van der Waals surface area (Å²) in [5.74, 6) is 5.79. The number of halogens is 1. The maximum Gasteiger partial charge on any atom is 0.310 e. The van der Waals surface area contributed by atoms with E-state index >= 15 is 0 Å². The highest BCUT2D eigenvalue weighted by atomic mass is 32.2. The average Bonchev–Trinajstić information content (AvgIpc) is 2.90. The zero-order valence-electron chi connectivity index (χ0n) is 22.7. The molecule has 0 N–H and O–H groups in total. The van der Waals surface area contributed by atoms with Crippen molar-refractivity contribution in [1.82, 2.24) is 0 Å². The van der Waals surface area contributed by atoms with Gasteiger partial charge in [-0.1, -0.05) is 54.3 Å². The minimum absolute atomic E-state index is 0.0874. The molecule has 0 heterocycles. The Balaban J connectivity index is 1.42. The summed E-state index contributed by atoms with van der Waals surface area (Å²) in [5.41, 5.74) is 1.55. The lowest BCUT2D eigenvalue weighted by Crippen LogP contribution is -2.27. The SMILES string of the molecule is Cc1cc([S+](c2ccccc2)c2ccccc2)cc(C)c1OCCC(=O)OC(C)(C)C#Cc1cccc(F)c1. The minimum Gasteiger partial charge on any atom is -0.492 e. The Morgan fingerprint density at radius 2 is 1.41 bits per heavy atom. The molecular formula is C34H32FO3S+. The van der Waals surface area contributed by atoms with Crippen LogP contribution in [0.3, 0.4) is 0 Å². The molecule has 0 fully saturated rings. The van der Waals surface area contributed by atoms with E-state index in [-0.39, 0.29) is 29.7 Å². The van der Waals surface area contributed by atoms with Gasteiger partial charge in [-0.25, -0.2) is 4.39 Å². The second-order valence-corrected chi connectivity index (χ2v) is 11.7. The average molecular weight is 540 g/mol. The smallest absolute Gasteiger partial charge is 0.310 e. The predicted octanol–water partition coefficient (Wildman–Crippen LogP) is 7.68. The van der Waals surface area contributed by atoms with Crippen LogP contribution in [-0.2, 0) is 20.4 Å². The molecule has 0 aliphatic carbocycles. The fraction of sp³-hybridized carbons (Fsp3) is 0.206. The van der Waals surface area contributed by atoms with E-state index in [4.69, 9.17) is 9.47 Å². The Morgan fingerprint density at radius 3 is 1.97 bits per heavy atom. The Bertz CT molecular complexity index is 1420. The summed E-state index contributed by atoms with van der Waals surface area (Å²) in [4.78, 5) is 16.2. The summed E-state index contributed by atoms with van der Waals surface area (Å²) in [5, 5.41) is 0. The number of aryl methyl sites for hydroxylation is 2. The van der Waals surface area contributed by atoms with Gasteiger partial charge in [-0.3, -0.25) is 4.79 Å². The molecule has 4 aromatic carbocycles. The normalized spacial score (nSPS) is 11.0. The van der Waals surface area contributed by atoms with Gasteiger partial charge in [0.2, 0.25) is 0 Å². The van der Waals surface area contributed by atoms with Crippen molar-refractivity contribution >= 4 is 16.9 Å². The molecule has 0 amide bonds. The van der Waals surface area contributed by atoms with Crippen LogP contribution in [0.25, 0.3) is 0 Å². The van der Waals surface area contributed by atoms with E-state index in [0.717, 1.165) is 16.9 Å². The molecule has 4 rings (SSSR count). The van der Waals surface area contributed by atoms with E-state index in [9.17, 15) is 9.18 Å². The fourth-order valence-electron chi connectivity index (χ4n) is 4.16. The highest BCUT2D eigenvalue weighted by Crippen LogP contribution is 2.35. The van der Waals surface area contributed by atoms with Gasteiger partial charge in [-0.2, -0.15) is 0 Å². The summed E-state index contributed by atoms with van der Waals surface area (Å²) in [6.45, 7) is 7.68. The highest BCUT2D eigenvalue weighted by Gasteiger charge is 2.29. The van der Waals surface area contributed by atoms with Gasteiger partial charge in [-0.15, -0.1) is 0 Å². The molecule has 0 unspecified atom stereocenters. The maximum absolute atomic E-state index is 13.4. The molecule has 4 aromatic rings. The first-order valence-electron chi connectivity index (χ1n) is 12.8. The molecule has 0 spiro atoms. The van der Waals surface area contributed by atoms with Crippen LogP contribution in [0.15, 0.2) is 112 Å². The van der Waals surface area contributed by atoms with Crippen LogP contribution < -0.4 is 4.74 Å². The van der Waals surface area contributed by atoms with E-state index in [1.54, 1.807) is 26.0 Å². The van der Waals surface area contributed by atoms with Crippen molar-refractivity contribution in [2.75, 3.05) is 6.61 Å². The molecule has 0 aromatic heterocycles. The summed E-state index contributed by atoms with van der Waals surface area (Å²) in [6.07, 6.45) is 0.0874. The Morgan fingerprint density at radius 1 is 0.821 bits per heavy atom. The number of ether oxygens (including phenoxy) is 2. The lowest BCUT2D eigenvalue weighted by Gasteiger charge is -2.19. The molecule has 0 radical (unpaired) electrons. The second kappa shape index (κ2) is 12.7. The molecule has 39 heavy (non-hydrogen) atoms. The quantitative estimate of drug-likeness (QED) is 0.131. The Hall–Kier alpha value is -4.01. The van der Waals surface area contributed by atoms with Crippen molar-refractivity contribution in [1.29, 1.82) is 0 Å². The van der Waals surface area contributed by atoms with Crippen LogP contribution in [0.5, 0.6) is 5.75 Å². The Labute approximate surface area is 233 Å². The van der Waals surface area contributed by atoms with Crippen molar-refractivity contribution in [3.05, 3.63) is 120 Å². The zero-order chi connectivity index (χ0) is 27.8. The lowest BCUT2D eigenvalue weighted by atomic mass is 10.1. The van der Waals surface area contributed by atoms with Crippen LogP contribution in [0, 0.1) is 31.5 Å². The van der Waals surface area contributed by atoms with Gasteiger partial charge in [0.1, 0.15) is 11.6 Å². The third kappa shape index (κ3) is 7.75. The van der Waals surface area contributed by atoms with E-state index in [1.807, 2.05) is 26.0 Å². The van der Waals surface area contributed by atoms with Crippen molar-refractivity contribution in [3.8, 4) is 17.6 Å². The van der Waals surface area contributed by atoms with Gasteiger partial charge in [0, 0.05) is 17.7 Å². The molecule has 0 atom stereocenters. The number of hydrogen-bond donors (Lipinski definition) is 0. The first kappa shape index (κ1) is 28.0. The van der Waals surface area contributed by atoms with Crippen molar-refractivity contribution in [2.45, 2.75) is 54.4 Å². The van der Waals surface area contributed by atoms with Gasteiger partial charge in [0.05, 0.1) is 23.9 Å². The van der Waals surface area contributed by atoms with Crippen LogP contribution >= 0.6 is 0 Å². The van der Waals surface area contributed by atoms with E-state index in [0.29, 0.717) is 5.56 Å². The summed E-state index contributed by atoms with van der Waals surface area (Å²) >= 11 is 0. The predicted molar refractivity (Wildman–Crippen MR) is 155 cm³/mol. The number of carbonyl (C=O) groups excluding carboxylic acids is 1. The molecular weight excluding hydrogens is 507 g/mol. The summed E-state index contributed by atoms with van der Waals surface area (Å²) in [6, 6.07) is 31.4. The van der Waals surface area contributed by atoms with Gasteiger partial charge in [0.15, 0.2) is 20.3 Å². The standard InChI is InChI=1S/C34H32FO3S/c1-25-22-31(39(29-14-7-5-8-15-29)30-16-9-6-10-17-30)23-26(2)33(25)37-21-19-32(36)38-34(3,4)20-18-27-12-11-13-28(35)24-27/h5-17,22-24H,19,21H2,1-4H3/q+1. The number of hydrogen-bond acceptors (Lipinski definition) is 3. The minimum atomic E-state index is -1.01. The second-order valence-electron chi connectivity index (χ2n) is 9.66. The van der Waals surface area contributed by atoms with Crippen LogP contribution in [0.2, 0.25) is 0 Å². The third-order valence-electron chi connectivity index (χ3n) is 5.88. The molecule has 0 saturated carbocycles. The third-order valence-corrected chi connectivity index (χ3v) is 8.08. The first-order chi connectivity index (χ1) is 18.7. The summed E-state index contributed by atoms with van der Waals surface area (Å²) in [7, 11) is -0.249. The number of benzene rings is 4. The van der Waals surface area contributed by atoms with Gasteiger partial charge < -0.3 is 9.47 Å². The van der Waals surface area contributed by atoms with Gasteiger partial charge in [-0.05, 0) is 81.3 Å². The lowest BCUT2D eigenvalue weighted by molar-refractivity contribution is -0.152. The van der Waals surface area contributed by atoms with Crippen LogP contribution in [0.4, 0.5) is 4.39 Å². The molecule has 3 nitrogen and oxygen atoms in total. The monoisotopic (exact) mass is 539 g/mol. The first-order valence-corrected chi connectivity index (χ1v) is 14.0. The van der Waals surface area contributed by atoms with Crippen molar-refractivity contribution < 1.29 is 18.7 Å². The number of rotatable bonds is 8. The molecule has 5 heteroatoms. The topological polar surface area (TPSA) is 35.5 Å². The Kier molecular flexibility index (Phi) is 9.11. The van der Waals surface area contributed by atoms with Gasteiger partial charge in [0.25, 0.3) is 0 Å². The zero-order valence-corrected chi connectivity index (χ0v) is 23.5. The maximum atomic E-state index is 13.4. The highest BCUT2D eigenvalue weighted by molar-refractivity contribution is 7.97. The van der Waals surface area contributed by atoms with E-state index in [1.165, 1.54) is 26.8 Å². The van der Waals surface area contributed by atoms with Gasteiger partial charge >= 0.3 is 5.97 Å². The van der Waals surface area contributed by atoms with Crippen molar-refractivity contribution in [2.24, 2.45) is 0 Å². The molecule has 0 aliphatic heterocycles. The summed E-state index contributed by atoms with van der Waals surface area (Å²) < 4.78 is 25.0.